The maximum Gasteiger partial charge on any atom is 0.120 e. The minimum Gasteiger partial charge on any atom is -0.490 e. The lowest BCUT2D eigenvalue weighted by atomic mass is 9.53. The molecule has 1 N–H and O–H groups in total. The van der Waals surface area contributed by atoms with Gasteiger partial charge in [-0.25, -0.2) is 0 Å². The molecule has 0 saturated heterocycles. The Bertz CT molecular complexity index is 801. The molecule has 0 spiro atoms. The molecule has 3 saturated carbocycles. The third-order valence-electron chi connectivity index (χ3n) is 8.86. The first-order valence-corrected chi connectivity index (χ1v) is 11.4. The zero-order chi connectivity index (χ0) is 19.4. The van der Waals surface area contributed by atoms with Crippen LogP contribution in [-0.2, 0) is 6.42 Å². The van der Waals surface area contributed by atoms with E-state index in [-0.39, 0.29) is 5.41 Å². The molecule has 0 unspecified atom stereocenters. The average Bonchev–Trinajstić information content (AvgIpc) is 3.28. The van der Waals surface area contributed by atoms with Crippen LogP contribution in [0.5, 0.6) is 5.75 Å². The zero-order valence-corrected chi connectivity index (χ0v) is 17.3. The normalized spacial score (nSPS) is 39.6. The molecular formula is C26H34O2. The second-order valence-corrected chi connectivity index (χ2v) is 10.1. The summed E-state index contributed by atoms with van der Waals surface area (Å²) in [6, 6.07) is 6.92. The van der Waals surface area contributed by atoms with Crippen molar-refractivity contribution in [2.75, 3.05) is 0 Å². The van der Waals surface area contributed by atoms with Gasteiger partial charge in [-0.3, -0.25) is 0 Å². The van der Waals surface area contributed by atoms with Crippen molar-refractivity contribution < 1.29 is 9.84 Å². The van der Waals surface area contributed by atoms with Gasteiger partial charge in [-0.1, -0.05) is 19.6 Å². The number of aryl methyl sites for hydroxylation is 1. The van der Waals surface area contributed by atoms with E-state index in [4.69, 9.17) is 4.74 Å². The number of benzene rings is 1. The molecule has 2 heteroatoms. The van der Waals surface area contributed by atoms with Gasteiger partial charge in [0, 0.05) is 5.41 Å². The van der Waals surface area contributed by atoms with E-state index in [0.29, 0.717) is 23.9 Å². The lowest BCUT2D eigenvalue weighted by Gasteiger charge is -2.52. The molecule has 0 bridgehead atoms. The summed E-state index contributed by atoms with van der Waals surface area (Å²) in [7, 11) is 0. The van der Waals surface area contributed by atoms with Crippen molar-refractivity contribution in [1.82, 2.24) is 0 Å². The summed E-state index contributed by atoms with van der Waals surface area (Å²) in [5.74, 6) is 3.03. The topological polar surface area (TPSA) is 29.5 Å². The monoisotopic (exact) mass is 378 g/mol. The van der Waals surface area contributed by atoms with Gasteiger partial charge in [0.15, 0.2) is 0 Å². The Morgan fingerprint density at radius 1 is 1.14 bits per heavy atom. The summed E-state index contributed by atoms with van der Waals surface area (Å²) in [6.07, 6.45) is 14.0. The molecule has 2 nitrogen and oxygen atoms in total. The molecule has 4 aliphatic carbocycles. The Morgan fingerprint density at radius 3 is 2.75 bits per heavy atom. The molecule has 5 rings (SSSR count). The van der Waals surface area contributed by atoms with Gasteiger partial charge in [0.25, 0.3) is 0 Å². The molecule has 1 aromatic carbocycles. The molecule has 150 valence electrons. The van der Waals surface area contributed by atoms with Crippen molar-refractivity contribution in [3.63, 3.8) is 0 Å². The van der Waals surface area contributed by atoms with E-state index in [1.165, 1.54) is 44.1 Å². The number of hydrogen-bond acceptors (Lipinski definition) is 2. The first-order chi connectivity index (χ1) is 13.5. The molecule has 0 radical (unpaired) electrons. The number of rotatable bonds is 3. The highest BCUT2D eigenvalue weighted by atomic mass is 16.5. The standard InChI is InChI=1S/C26H34O2/c1-3-14-26(27)16-13-24-23-10-8-18-17-20(28-19-6-4-5-7-19)9-11-21(18)22(23)12-15-25(24,26)2/h9,11,14,17,19,22-24,27H,1,4-8,10,12-13,15-16H2,2H3/t22-,23-,24+,25+,26+/m1/s1. The van der Waals surface area contributed by atoms with Crippen molar-refractivity contribution in [1.29, 1.82) is 0 Å². The van der Waals surface area contributed by atoms with Crippen LogP contribution >= 0.6 is 0 Å². The number of aliphatic hydroxyl groups is 1. The van der Waals surface area contributed by atoms with Crippen LogP contribution in [0.1, 0.15) is 81.8 Å². The SMILES string of the molecule is C=C=C[C@]1(O)CC[C@H]2[C@@H]3CCc4cc(OC5CCCC5)ccc4[C@H]3CC[C@@]21C. The molecule has 0 heterocycles. The summed E-state index contributed by atoms with van der Waals surface area (Å²) in [6.45, 7) is 6.06. The molecule has 0 aromatic heterocycles. The van der Waals surface area contributed by atoms with E-state index in [2.05, 4.69) is 37.4 Å². The van der Waals surface area contributed by atoms with Gasteiger partial charge < -0.3 is 9.84 Å². The molecule has 5 atom stereocenters. The third kappa shape index (κ3) is 2.72. The summed E-state index contributed by atoms with van der Waals surface area (Å²) >= 11 is 0. The smallest absolute Gasteiger partial charge is 0.120 e. The Hall–Kier alpha value is -1.50. The Morgan fingerprint density at radius 2 is 1.96 bits per heavy atom. The van der Waals surface area contributed by atoms with Crippen LogP contribution in [0.15, 0.2) is 36.6 Å². The average molecular weight is 379 g/mol. The molecule has 1 aromatic rings. The van der Waals surface area contributed by atoms with Crippen LogP contribution in [0.3, 0.4) is 0 Å². The number of hydrogen-bond donors (Lipinski definition) is 1. The fourth-order valence-electron chi connectivity index (χ4n) is 7.29. The van der Waals surface area contributed by atoms with Crippen LogP contribution in [0.4, 0.5) is 0 Å². The van der Waals surface area contributed by atoms with Crippen molar-refractivity contribution in [3.05, 3.63) is 47.7 Å². The van der Waals surface area contributed by atoms with Crippen molar-refractivity contribution in [2.24, 2.45) is 17.3 Å². The third-order valence-corrected chi connectivity index (χ3v) is 8.86. The summed E-state index contributed by atoms with van der Waals surface area (Å²) in [5, 5.41) is 11.3. The second kappa shape index (κ2) is 6.78. The molecule has 0 aliphatic heterocycles. The Labute approximate surface area is 169 Å². The van der Waals surface area contributed by atoms with Crippen molar-refractivity contribution in [2.45, 2.75) is 88.8 Å². The molecular weight excluding hydrogens is 344 g/mol. The molecule has 28 heavy (non-hydrogen) atoms. The van der Waals surface area contributed by atoms with Crippen LogP contribution in [-0.4, -0.2) is 16.8 Å². The van der Waals surface area contributed by atoms with Gasteiger partial charge in [0.1, 0.15) is 5.75 Å². The lowest BCUT2D eigenvalue weighted by molar-refractivity contribution is -0.0708. The number of fused-ring (bicyclic) bond motifs is 5. The summed E-state index contributed by atoms with van der Waals surface area (Å²) in [5.41, 5.74) is 5.22. The highest BCUT2D eigenvalue weighted by Crippen LogP contribution is 2.64. The van der Waals surface area contributed by atoms with Gasteiger partial charge in [0.2, 0.25) is 0 Å². The zero-order valence-electron chi connectivity index (χ0n) is 17.3. The second-order valence-electron chi connectivity index (χ2n) is 10.1. The Kier molecular flexibility index (Phi) is 4.49. The fourth-order valence-corrected chi connectivity index (χ4v) is 7.29. The molecule has 4 aliphatic rings. The van der Waals surface area contributed by atoms with Gasteiger partial charge in [-0.05, 0) is 111 Å². The predicted molar refractivity (Wildman–Crippen MR) is 113 cm³/mol. The highest BCUT2D eigenvalue weighted by molar-refractivity contribution is 5.41. The summed E-state index contributed by atoms with van der Waals surface area (Å²) < 4.78 is 6.27. The van der Waals surface area contributed by atoms with E-state index < -0.39 is 5.60 Å². The first kappa shape index (κ1) is 18.5. The van der Waals surface area contributed by atoms with Gasteiger partial charge >= 0.3 is 0 Å². The quantitative estimate of drug-likeness (QED) is 0.660. The first-order valence-electron chi connectivity index (χ1n) is 11.4. The van der Waals surface area contributed by atoms with Crippen LogP contribution < -0.4 is 4.74 Å². The van der Waals surface area contributed by atoms with E-state index >= 15 is 0 Å². The van der Waals surface area contributed by atoms with E-state index in [1.807, 2.05) is 6.08 Å². The molecule has 0 amide bonds. The minimum atomic E-state index is -0.719. The summed E-state index contributed by atoms with van der Waals surface area (Å²) in [4.78, 5) is 0. The van der Waals surface area contributed by atoms with Crippen LogP contribution in [0, 0.1) is 17.3 Å². The Balaban J connectivity index is 1.39. The van der Waals surface area contributed by atoms with Crippen molar-refractivity contribution in [3.8, 4) is 5.75 Å². The largest absolute Gasteiger partial charge is 0.490 e. The predicted octanol–water partition coefficient (Wildman–Crippen LogP) is 5.94. The van der Waals surface area contributed by atoms with Gasteiger partial charge in [0.05, 0.1) is 11.7 Å². The van der Waals surface area contributed by atoms with Crippen LogP contribution in [0.25, 0.3) is 0 Å². The highest BCUT2D eigenvalue weighted by Gasteiger charge is 2.60. The van der Waals surface area contributed by atoms with Gasteiger partial charge in [-0.15, -0.1) is 5.73 Å². The van der Waals surface area contributed by atoms with Crippen LogP contribution in [0.2, 0.25) is 0 Å². The maximum atomic E-state index is 11.3. The maximum absolute atomic E-state index is 11.3. The number of ether oxygens (including phenoxy) is 1. The lowest BCUT2D eigenvalue weighted by Crippen LogP contribution is -2.49. The minimum absolute atomic E-state index is 0.0259. The van der Waals surface area contributed by atoms with E-state index in [9.17, 15) is 5.11 Å². The van der Waals surface area contributed by atoms with Crippen molar-refractivity contribution >= 4 is 0 Å². The fraction of sp³-hybridized carbons (Fsp3) is 0.654. The van der Waals surface area contributed by atoms with E-state index in [0.717, 1.165) is 31.4 Å². The van der Waals surface area contributed by atoms with E-state index in [1.54, 1.807) is 5.56 Å². The van der Waals surface area contributed by atoms with Gasteiger partial charge in [-0.2, -0.15) is 0 Å². The molecule has 3 fully saturated rings.